The quantitative estimate of drug-likeness (QED) is 0.851. The molecule has 3 atom stereocenters. The lowest BCUT2D eigenvalue weighted by Gasteiger charge is -2.14. The fourth-order valence-electron chi connectivity index (χ4n) is 2.38. The summed E-state index contributed by atoms with van der Waals surface area (Å²) in [6, 6.07) is 0.505. The highest BCUT2D eigenvalue weighted by atomic mass is 16.5. The third-order valence-corrected chi connectivity index (χ3v) is 3.71. The Morgan fingerprint density at radius 1 is 1.50 bits per heavy atom. The van der Waals surface area contributed by atoms with Crippen LogP contribution in [0.3, 0.4) is 0 Å². The molecular weight excluding hydrogens is 202 g/mol. The van der Waals surface area contributed by atoms with Gasteiger partial charge in [0.1, 0.15) is 0 Å². The summed E-state index contributed by atoms with van der Waals surface area (Å²) in [4.78, 5) is 4.54. The number of hydrogen-bond donors (Lipinski definition) is 1. The molecule has 2 rings (SSSR count). The van der Waals surface area contributed by atoms with Gasteiger partial charge in [-0.2, -0.15) is 4.98 Å². The van der Waals surface area contributed by atoms with Crippen molar-refractivity contribution in [1.29, 1.82) is 0 Å². The molecule has 1 fully saturated rings. The summed E-state index contributed by atoms with van der Waals surface area (Å²) in [5, 5.41) is 7.42. The van der Waals surface area contributed by atoms with Gasteiger partial charge in [-0.1, -0.05) is 25.4 Å². The van der Waals surface area contributed by atoms with E-state index in [2.05, 4.69) is 29.3 Å². The molecule has 0 spiro atoms. The average molecular weight is 223 g/mol. The summed E-state index contributed by atoms with van der Waals surface area (Å²) in [7, 11) is 2.01. The van der Waals surface area contributed by atoms with Crippen molar-refractivity contribution in [2.75, 3.05) is 7.05 Å². The number of aromatic nitrogens is 2. The molecule has 0 bridgehead atoms. The lowest BCUT2D eigenvalue weighted by molar-refractivity contribution is 0.331. The number of nitrogens with one attached hydrogen (secondary N) is 1. The third kappa shape index (κ3) is 2.12. The van der Waals surface area contributed by atoms with E-state index in [-0.39, 0.29) is 0 Å². The molecule has 90 valence electrons. The van der Waals surface area contributed by atoms with E-state index in [9.17, 15) is 0 Å². The minimum Gasteiger partial charge on any atom is -0.339 e. The van der Waals surface area contributed by atoms with Crippen LogP contribution in [-0.2, 0) is 0 Å². The predicted octanol–water partition coefficient (Wildman–Crippen LogP) is 2.44. The first-order chi connectivity index (χ1) is 7.76. The summed E-state index contributed by atoms with van der Waals surface area (Å²) in [6.07, 6.45) is 4.67. The first-order valence-corrected chi connectivity index (χ1v) is 6.27. The van der Waals surface area contributed by atoms with Crippen LogP contribution in [0, 0.1) is 0 Å². The smallest absolute Gasteiger partial charge is 0.231 e. The topological polar surface area (TPSA) is 51.0 Å². The van der Waals surface area contributed by atoms with Crippen LogP contribution in [0.1, 0.15) is 63.1 Å². The zero-order chi connectivity index (χ0) is 11.5. The Kier molecular flexibility index (Phi) is 3.59. The molecule has 0 aromatic carbocycles. The Labute approximate surface area is 96.8 Å². The highest BCUT2D eigenvalue weighted by Gasteiger charge is 2.32. The molecule has 0 saturated heterocycles. The third-order valence-electron chi connectivity index (χ3n) is 3.71. The van der Waals surface area contributed by atoms with Crippen LogP contribution in [0.5, 0.6) is 0 Å². The maximum Gasteiger partial charge on any atom is 0.231 e. The Morgan fingerprint density at radius 2 is 2.31 bits per heavy atom. The van der Waals surface area contributed by atoms with Crippen molar-refractivity contribution in [2.24, 2.45) is 0 Å². The average Bonchev–Trinajstić information content (AvgIpc) is 2.95. The summed E-state index contributed by atoms with van der Waals surface area (Å²) in [5.41, 5.74) is 0. The summed E-state index contributed by atoms with van der Waals surface area (Å²) in [6.45, 7) is 4.28. The molecule has 3 unspecified atom stereocenters. The van der Waals surface area contributed by atoms with Crippen LogP contribution in [0.4, 0.5) is 0 Å². The molecule has 1 heterocycles. The Bertz CT molecular complexity index is 337. The molecule has 4 nitrogen and oxygen atoms in total. The Hall–Kier alpha value is -0.900. The standard InChI is InChI=1S/C12H21N3O/c1-4-8(2)11-14-12(16-15-11)9-6-5-7-10(9)13-3/h8-10,13H,4-7H2,1-3H3. The van der Waals surface area contributed by atoms with Crippen molar-refractivity contribution in [1.82, 2.24) is 15.5 Å². The van der Waals surface area contributed by atoms with Gasteiger partial charge in [0, 0.05) is 12.0 Å². The molecule has 1 aromatic rings. The minimum absolute atomic E-state index is 0.395. The number of nitrogens with zero attached hydrogens (tertiary/aromatic N) is 2. The molecular formula is C12H21N3O. The van der Waals surface area contributed by atoms with E-state index in [1.54, 1.807) is 0 Å². The lowest BCUT2D eigenvalue weighted by Crippen LogP contribution is -2.27. The largest absolute Gasteiger partial charge is 0.339 e. The van der Waals surface area contributed by atoms with Gasteiger partial charge >= 0.3 is 0 Å². The van der Waals surface area contributed by atoms with E-state index in [1.165, 1.54) is 12.8 Å². The van der Waals surface area contributed by atoms with Gasteiger partial charge in [0.25, 0.3) is 0 Å². The molecule has 1 aliphatic rings. The number of rotatable bonds is 4. The van der Waals surface area contributed by atoms with Crippen LogP contribution in [0.15, 0.2) is 4.52 Å². The SMILES string of the molecule is CCC(C)c1noc(C2CCCC2NC)n1. The van der Waals surface area contributed by atoms with E-state index < -0.39 is 0 Å². The fraction of sp³-hybridized carbons (Fsp3) is 0.833. The normalized spacial score (nSPS) is 27.2. The van der Waals surface area contributed by atoms with Crippen LogP contribution in [-0.4, -0.2) is 23.2 Å². The van der Waals surface area contributed by atoms with Crippen molar-refractivity contribution >= 4 is 0 Å². The maximum atomic E-state index is 5.40. The van der Waals surface area contributed by atoms with Gasteiger partial charge in [-0.05, 0) is 26.3 Å². The maximum absolute atomic E-state index is 5.40. The molecule has 1 aromatic heterocycles. The summed E-state index contributed by atoms with van der Waals surface area (Å²) >= 11 is 0. The van der Waals surface area contributed by atoms with Gasteiger partial charge in [0.2, 0.25) is 5.89 Å². The van der Waals surface area contributed by atoms with Crippen molar-refractivity contribution < 1.29 is 4.52 Å². The molecule has 1 N–H and O–H groups in total. The van der Waals surface area contributed by atoms with Gasteiger partial charge < -0.3 is 9.84 Å². The number of hydrogen-bond acceptors (Lipinski definition) is 4. The van der Waals surface area contributed by atoms with Crippen molar-refractivity contribution in [3.63, 3.8) is 0 Å². The minimum atomic E-state index is 0.395. The first kappa shape index (κ1) is 11.6. The number of likely N-dealkylation sites (N-methyl/N-ethyl adjacent to an activating group) is 1. The molecule has 1 aliphatic carbocycles. The Balaban J connectivity index is 2.12. The highest BCUT2D eigenvalue weighted by Crippen LogP contribution is 2.34. The van der Waals surface area contributed by atoms with E-state index in [4.69, 9.17) is 4.52 Å². The van der Waals surface area contributed by atoms with Crippen LogP contribution < -0.4 is 5.32 Å². The van der Waals surface area contributed by atoms with Gasteiger partial charge in [0.15, 0.2) is 5.82 Å². The van der Waals surface area contributed by atoms with Gasteiger partial charge in [-0.15, -0.1) is 0 Å². The van der Waals surface area contributed by atoms with Gasteiger partial charge in [-0.25, -0.2) is 0 Å². The van der Waals surface area contributed by atoms with E-state index in [0.29, 0.717) is 17.9 Å². The molecule has 4 heteroatoms. The molecule has 1 saturated carbocycles. The Morgan fingerprint density at radius 3 is 3.00 bits per heavy atom. The van der Waals surface area contributed by atoms with Crippen LogP contribution in [0.25, 0.3) is 0 Å². The summed E-state index contributed by atoms with van der Waals surface area (Å²) in [5.74, 6) is 2.49. The second-order valence-corrected chi connectivity index (χ2v) is 4.73. The lowest BCUT2D eigenvalue weighted by atomic mass is 10.0. The first-order valence-electron chi connectivity index (χ1n) is 6.27. The van der Waals surface area contributed by atoms with Crippen LogP contribution in [0.2, 0.25) is 0 Å². The zero-order valence-electron chi connectivity index (χ0n) is 10.4. The van der Waals surface area contributed by atoms with Crippen molar-refractivity contribution in [2.45, 2.75) is 57.4 Å². The second-order valence-electron chi connectivity index (χ2n) is 4.73. The predicted molar refractivity (Wildman–Crippen MR) is 62.4 cm³/mol. The van der Waals surface area contributed by atoms with Crippen LogP contribution >= 0.6 is 0 Å². The van der Waals surface area contributed by atoms with Gasteiger partial charge in [-0.3, -0.25) is 0 Å². The van der Waals surface area contributed by atoms with Gasteiger partial charge in [0.05, 0.1) is 5.92 Å². The molecule has 0 aliphatic heterocycles. The molecule has 16 heavy (non-hydrogen) atoms. The monoisotopic (exact) mass is 223 g/mol. The summed E-state index contributed by atoms with van der Waals surface area (Å²) < 4.78 is 5.40. The van der Waals surface area contributed by atoms with Crippen molar-refractivity contribution in [3.05, 3.63) is 11.7 Å². The highest BCUT2D eigenvalue weighted by molar-refractivity contribution is 5.04. The molecule has 0 radical (unpaired) electrons. The zero-order valence-corrected chi connectivity index (χ0v) is 10.4. The van der Waals surface area contributed by atoms with Crippen molar-refractivity contribution in [3.8, 4) is 0 Å². The van der Waals surface area contributed by atoms with E-state index >= 15 is 0 Å². The molecule has 0 amide bonds. The second kappa shape index (κ2) is 4.95. The van der Waals surface area contributed by atoms with E-state index in [1.807, 2.05) is 7.05 Å². The fourth-order valence-corrected chi connectivity index (χ4v) is 2.38. The van der Waals surface area contributed by atoms with E-state index in [0.717, 1.165) is 24.6 Å².